The molecule has 19 heavy (non-hydrogen) atoms. The molecule has 0 unspecified atom stereocenters. The summed E-state index contributed by atoms with van der Waals surface area (Å²) in [6.45, 7) is 0.601. The summed E-state index contributed by atoms with van der Waals surface area (Å²) in [6, 6.07) is 5.09. The van der Waals surface area contributed by atoms with Crippen LogP contribution in [0.4, 0.5) is 0 Å². The molecule has 1 aromatic carbocycles. The van der Waals surface area contributed by atoms with Gasteiger partial charge in [-0.25, -0.2) is 0 Å². The number of benzene rings is 1. The third-order valence-corrected chi connectivity index (χ3v) is 3.73. The summed E-state index contributed by atoms with van der Waals surface area (Å²) in [5.74, 6) is 0.222. The van der Waals surface area contributed by atoms with Crippen LogP contribution in [0.5, 0.6) is 0 Å². The van der Waals surface area contributed by atoms with Crippen LogP contribution in [-0.4, -0.2) is 23.7 Å². The Hall–Kier alpha value is -1.03. The average Bonchev–Trinajstić information content (AvgIpc) is 2.34. The van der Waals surface area contributed by atoms with Crippen LogP contribution in [0.25, 0.3) is 6.08 Å². The Morgan fingerprint density at radius 2 is 2.16 bits per heavy atom. The molecule has 0 bridgehead atoms. The van der Waals surface area contributed by atoms with Crippen LogP contribution in [0.15, 0.2) is 24.3 Å². The monoisotopic (exact) mass is 299 g/mol. The van der Waals surface area contributed by atoms with E-state index in [9.17, 15) is 4.79 Å². The quantitative estimate of drug-likeness (QED) is 0.840. The molecule has 2 rings (SSSR count). The molecule has 0 saturated heterocycles. The highest BCUT2D eigenvalue weighted by atomic mass is 35.5. The molecule has 102 valence electrons. The molecule has 0 atom stereocenters. The van der Waals surface area contributed by atoms with Gasteiger partial charge in [-0.05, 0) is 48.6 Å². The Bertz CT molecular complexity index is 496. The van der Waals surface area contributed by atoms with E-state index in [1.54, 1.807) is 24.3 Å². The van der Waals surface area contributed by atoms with Gasteiger partial charge in [-0.3, -0.25) is 4.79 Å². The van der Waals surface area contributed by atoms with E-state index in [1.165, 1.54) is 6.08 Å². The van der Waals surface area contributed by atoms with Gasteiger partial charge in [-0.2, -0.15) is 0 Å². The van der Waals surface area contributed by atoms with Crippen molar-refractivity contribution in [2.45, 2.75) is 18.9 Å². The van der Waals surface area contributed by atoms with E-state index in [4.69, 9.17) is 28.3 Å². The van der Waals surface area contributed by atoms with Crippen molar-refractivity contribution in [3.05, 3.63) is 39.9 Å². The number of aliphatic hydroxyl groups excluding tert-OH is 1. The molecule has 0 aliphatic heterocycles. The van der Waals surface area contributed by atoms with Gasteiger partial charge in [-0.1, -0.05) is 23.2 Å². The molecule has 0 heterocycles. The van der Waals surface area contributed by atoms with Crippen molar-refractivity contribution in [2.75, 3.05) is 6.54 Å². The normalized spacial score (nSPS) is 22.3. The average molecular weight is 300 g/mol. The molecule has 0 spiro atoms. The van der Waals surface area contributed by atoms with Gasteiger partial charge in [0.15, 0.2) is 0 Å². The zero-order valence-corrected chi connectivity index (χ0v) is 11.8. The van der Waals surface area contributed by atoms with Crippen LogP contribution in [0.3, 0.4) is 0 Å². The molecule has 1 fully saturated rings. The second-order valence-corrected chi connectivity index (χ2v) is 5.58. The van der Waals surface area contributed by atoms with Crippen molar-refractivity contribution in [1.82, 2.24) is 5.32 Å². The van der Waals surface area contributed by atoms with Gasteiger partial charge in [0.1, 0.15) is 0 Å². The number of hydrogen-bond donors (Lipinski definition) is 2. The fourth-order valence-corrected chi connectivity index (χ4v) is 2.34. The van der Waals surface area contributed by atoms with Crippen LogP contribution in [0, 0.1) is 5.92 Å². The number of amides is 1. The van der Waals surface area contributed by atoms with Gasteiger partial charge in [-0.15, -0.1) is 0 Å². The molecular weight excluding hydrogens is 285 g/mol. The van der Waals surface area contributed by atoms with Gasteiger partial charge < -0.3 is 10.4 Å². The number of hydrogen-bond acceptors (Lipinski definition) is 2. The Balaban J connectivity index is 1.84. The zero-order valence-electron chi connectivity index (χ0n) is 10.3. The van der Waals surface area contributed by atoms with E-state index in [-0.39, 0.29) is 12.0 Å². The summed E-state index contributed by atoms with van der Waals surface area (Å²) < 4.78 is 0. The van der Waals surface area contributed by atoms with E-state index in [2.05, 4.69) is 5.32 Å². The minimum atomic E-state index is -0.192. The second-order valence-electron chi connectivity index (χ2n) is 4.74. The smallest absolute Gasteiger partial charge is 0.244 e. The maximum atomic E-state index is 11.6. The first-order chi connectivity index (χ1) is 9.04. The first-order valence-electron chi connectivity index (χ1n) is 6.13. The van der Waals surface area contributed by atoms with Gasteiger partial charge in [0.25, 0.3) is 0 Å². The van der Waals surface area contributed by atoms with Crippen LogP contribution in [-0.2, 0) is 4.79 Å². The van der Waals surface area contributed by atoms with E-state index < -0.39 is 0 Å². The van der Waals surface area contributed by atoms with Gasteiger partial charge >= 0.3 is 0 Å². The summed E-state index contributed by atoms with van der Waals surface area (Å²) in [5, 5.41) is 13.1. The largest absolute Gasteiger partial charge is 0.393 e. The summed E-state index contributed by atoms with van der Waals surface area (Å²) >= 11 is 11.8. The van der Waals surface area contributed by atoms with Crippen LogP contribution in [0.2, 0.25) is 10.0 Å². The lowest BCUT2D eigenvalue weighted by Crippen LogP contribution is -2.37. The van der Waals surface area contributed by atoms with E-state index in [1.807, 2.05) is 0 Å². The Morgan fingerprint density at radius 1 is 1.42 bits per heavy atom. The molecule has 0 aromatic heterocycles. The molecule has 1 aliphatic carbocycles. The molecule has 3 nitrogen and oxygen atoms in total. The predicted molar refractivity (Wildman–Crippen MR) is 77.2 cm³/mol. The molecule has 1 saturated carbocycles. The number of carbonyl (C=O) groups excluding carboxylic acids is 1. The van der Waals surface area contributed by atoms with E-state index in [0.717, 1.165) is 12.8 Å². The Morgan fingerprint density at radius 3 is 2.84 bits per heavy atom. The topological polar surface area (TPSA) is 49.3 Å². The molecule has 1 amide bonds. The molecule has 0 radical (unpaired) electrons. The minimum Gasteiger partial charge on any atom is -0.393 e. The number of aliphatic hydroxyl groups is 1. The van der Waals surface area contributed by atoms with Gasteiger partial charge in [0.2, 0.25) is 5.91 Å². The summed E-state index contributed by atoms with van der Waals surface area (Å²) in [6.07, 6.45) is 4.42. The fraction of sp³-hybridized carbons (Fsp3) is 0.357. The summed E-state index contributed by atoms with van der Waals surface area (Å²) in [7, 11) is 0. The highest BCUT2D eigenvalue weighted by Gasteiger charge is 2.26. The number of nitrogens with one attached hydrogen (secondary N) is 1. The minimum absolute atomic E-state index is 0.169. The maximum absolute atomic E-state index is 11.6. The second kappa shape index (κ2) is 6.42. The highest BCUT2D eigenvalue weighted by Crippen LogP contribution is 2.26. The third kappa shape index (κ3) is 4.23. The van der Waals surface area contributed by atoms with E-state index >= 15 is 0 Å². The van der Waals surface area contributed by atoms with Crippen molar-refractivity contribution in [1.29, 1.82) is 0 Å². The Labute approximate surface area is 122 Å². The Kier molecular flexibility index (Phi) is 4.86. The molecule has 2 N–H and O–H groups in total. The van der Waals surface area contributed by atoms with Crippen LogP contribution < -0.4 is 5.32 Å². The van der Waals surface area contributed by atoms with Crippen molar-refractivity contribution in [3.63, 3.8) is 0 Å². The zero-order chi connectivity index (χ0) is 13.8. The highest BCUT2D eigenvalue weighted by molar-refractivity contribution is 6.34. The molecular formula is C14H15Cl2NO2. The maximum Gasteiger partial charge on any atom is 0.244 e. The van der Waals surface area contributed by atoms with E-state index in [0.29, 0.717) is 28.1 Å². The summed E-state index contributed by atoms with van der Waals surface area (Å²) in [4.78, 5) is 11.6. The van der Waals surface area contributed by atoms with Crippen molar-refractivity contribution >= 4 is 35.2 Å². The lowest BCUT2D eigenvalue weighted by molar-refractivity contribution is -0.117. The first kappa shape index (κ1) is 14.4. The fourth-order valence-electron chi connectivity index (χ4n) is 1.98. The molecule has 1 aliphatic rings. The number of rotatable bonds is 4. The van der Waals surface area contributed by atoms with Crippen molar-refractivity contribution in [2.24, 2.45) is 5.92 Å². The van der Waals surface area contributed by atoms with Gasteiger partial charge in [0, 0.05) is 22.7 Å². The summed E-state index contributed by atoms with van der Waals surface area (Å²) in [5.41, 5.74) is 0.711. The van der Waals surface area contributed by atoms with Crippen LogP contribution >= 0.6 is 23.2 Å². The third-order valence-electron chi connectivity index (χ3n) is 3.15. The van der Waals surface area contributed by atoms with Crippen molar-refractivity contribution in [3.8, 4) is 0 Å². The van der Waals surface area contributed by atoms with Crippen molar-refractivity contribution < 1.29 is 9.90 Å². The standard InChI is InChI=1S/C14H15Cl2NO2/c15-11-2-3-13(16)10(7-11)1-4-14(19)17-8-9-5-12(18)6-9/h1-4,7,9,12,18H,5-6,8H2,(H,17,19). The molecule has 1 aromatic rings. The number of carbonyl (C=O) groups is 1. The first-order valence-corrected chi connectivity index (χ1v) is 6.89. The van der Waals surface area contributed by atoms with Gasteiger partial charge in [0.05, 0.1) is 6.10 Å². The number of halogens is 2. The SMILES string of the molecule is O=C(C=Cc1cc(Cl)ccc1Cl)NCC1CC(O)C1. The lowest BCUT2D eigenvalue weighted by atomic mass is 9.82. The lowest BCUT2D eigenvalue weighted by Gasteiger charge is -2.31. The molecule has 5 heteroatoms. The van der Waals surface area contributed by atoms with Crippen LogP contribution in [0.1, 0.15) is 18.4 Å². The predicted octanol–water partition coefficient (Wildman–Crippen LogP) is 2.89.